The van der Waals surface area contributed by atoms with E-state index in [2.05, 4.69) is 10.3 Å². The Labute approximate surface area is 113 Å². The molecule has 3 heteroatoms. The third-order valence-electron chi connectivity index (χ3n) is 3.18. The Kier molecular flexibility index (Phi) is 3.65. The molecule has 3 nitrogen and oxygen atoms in total. The van der Waals surface area contributed by atoms with Gasteiger partial charge in [-0.25, -0.2) is 4.99 Å². The first kappa shape index (κ1) is 13.3. The lowest BCUT2D eigenvalue weighted by atomic mass is 9.98. The number of nitrogens with zero attached hydrogens (tertiary/aromatic N) is 1. The second-order valence-corrected chi connectivity index (χ2v) is 4.77. The lowest BCUT2D eigenvalue weighted by molar-refractivity contribution is -0.112. The first-order chi connectivity index (χ1) is 9.01. The van der Waals surface area contributed by atoms with Crippen LogP contribution in [0.4, 0.5) is 11.4 Å². The van der Waals surface area contributed by atoms with E-state index in [1.807, 2.05) is 58.2 Å². The van der Waals surface area contributed by atoms with E-state index in [4.69, 9.17) is 0 Å². The minimum Gasteiger partial charge on any atom is -0.388 e. The number of anilines is 1. The van der Waals surface area contributed by atoms with Crippen LogP contribution in [0.5, 0.6) is 0 Å². The number of nitrogens with one attached hydrogen (secondary N) is 1. The molecule has 1 aliphatic rings. The van der Waals surface area contributed by atoms with E-state index in [0.29, 0.717) is 0 Å². The van der Waals surface area contributed by atoms with Gasteiger partial charge in [-0.15, -0.1) is 0 Å². The molecule has 0 amide bonds. The van der Waals surface area contributed by atoms with Crippen LogP contribution in [0.2, 0.25) is 0 Å². The maximum Gasteiger partial charge on any atom is 0.184 e. The largest absolute Gasteiger partial charge is 0.388 e. The number of carbonyl (C=O) groups is 1. The van der Waals surface area contributed by atoms with Gasteiger partial charge in [0, 0.05) is 12.7 Å². The van der Waals surface area contributed by atoms with Crippen molar-refractivity contribution < 1.29 is 4.79 Å². The summed E-state index contributed by atoms with van der Waals surface area (Å²) in [4.78, 5) is 16.2. The fourth-order valence-corrected chi connectivity index (χ4v) is 2.14. The quantitative estimate of drug-likeness (QED) is 0.819. The Morgan fingerprint density at radius 1 is 1.05 bits per heavy atom. The summed E-state index contributed by atoms with van der Waals surface area (Å²) in [6.07, 6.45) is 3.66. The Morgan fingerprint density at radius 3 is 2.21 bits per heavy atom. The van der Waals surface area contributed by atoms with E-state index < -0.39 is 0 Å². The van der Waals surface area contributed by atoms with Crippen molar-refractivity contribution in [3.8, 4) is 0 Å². The van der Waals surface area contributed by atoms with Crippen LogP contribution in [-0.2, 0) is 4.79 Å². The molecule has 0 bridgehead atoms. The van der Waals surface area contributed by atoms with Crippen LogP contribution in [-0.4, -0.2) is 18.5 Å². The smallest absolute Gasteiger partial charge is 0.184 e. The highest BCUT2D eigenvalue weighted by Gasteiger charge is 2.13. The van der Waals surface area contributed by atoms with Gasteiger partial charge in [0.15, 0.2) is 5.78 Å². The number of rotatable bonds is 2. The second-order valence-electron chi connectivity index (χ2n) is 4.77. The average Bonchev–Trinajstić information content (AvgIpc) is 2.36. The number of hydrogen-bond acceptors (Lipinski definition) is 3. The molecule has 98 valence electrons. The molecule has 19 heavy (non-hydrogen) atoms. The van der Waals surface area contributed by atoms with Crippen LogP contribution < -0.4 is 5.32 Å². The van der Waals surface area contributed by atoms with Gasteiger partial charge in [0.1, 0.15) is 0 Å². The van der Waals surface area contributed by atoms with Crippen molar-refractivity contribution in [2.24, 2.45) is 4.99 Å². The molecule has 0 radical (unpaired) electrons. The van der Waals surface area contributed by atoms with E-state index in [1.165, 1.54) is 0 Å². The van der Waals surface area contributed by atoms with Crippen LogP contribution in [0, 0.1) is 6.92 Å². The van der Waals surface area contributed by atoms with Crippen molar-refractivity contribution in [3.63, 3.8) is 0 Å². The van der Waals surface area contributed by atoms with Crippen molar-refractivity contribution in [2.45, 2.75) is 20.8 Å². The van der Waals surface area contributed by atoms with E-state index in [1.54, 1.807) is 0 Å². The summed E-state index contributed by atoms with van der Waals surface area (Å²) in [6.45, 7) is 5.69. The van der Waals surface area contributed by atoms with Gasteiger partial charge in [-0.1, -0.05) is 0 Å². The Bertz CT molecular complexity index is 598. The monoisotopic (exact) mass is 254 g/mol. The minimum absolute atomic E-state index is 0.0978. The fourth-order valence-electron chi connectivity index (χ4n) is 2.14. The van der Waals surface area contributed by atoms with Gasteiger partial charge in [-0.05, 0) is 67.8 Å². The summed E-state index contributed by atoms with van der Waals surface area (Å²) in [5, 5.41) is 3.13. The number of Topliss-reactive ketones (excluding diaryl/α,β-unsaturated/α-hetero) is 1. The number of aliphatic imine (C=N–C) groups is 1. The maximum atomic E-state index is 11.7. The van der Waals surface area contributed by atoms with Crippen LogP contribution in [0.15, 0.2) is 46.5 Å². The van der Waals surface area contributed by atoms with Crippen molar-refractivity contribution in [2.75, 3.05) is 12.4 Å². The molecule has 1 aromatic rings. The molecular formula is C16H18N2O. The molecule has 0 heterocycles. The van der Waals surface area contributed by atoms with Gasteiger partial charge < -0.3 is 5.32 Å². The van der Waals surface area contributed by atoms with Gasteiger partial charge in [0.05, 0.1) is 11.4 Å². The number of ketones is 1. The fraction of sp³-hybridized carbons (Fsp3) is 0.250. The Balaban J connectivity index is 2.37. The van der Waals surface area contributed by atoms with Crippen molar-refractivity contribution in [1.29, 1.82) is 0 Å². The molecule has 0 saturated heterocycles. The third-order valence-corrected chi connectivity index (χ3v) is 3.18. The SMILES string of the molecule is CNc1ccc(N=C2C=C(C)C(=O)C(C)=C2)cc1C. The summed E-state index contributed by atoms with van der Waals surface area (Å²) in [6, 6.07) is 6.01. The lowest BCUT2D eigenvalue weighted by Gasteiger charge is -2.09. The second kappa shape index (κ2) is 5.22. The zero-order chi connectivity index (χ0) is 14.0. The van der Waals surface area contributed by atoms with Crippen molar-refractivity contribution in [3.05, 3.63) is 47.1 Å². The molecule has 0 aromatic heterocycles. The lowest BCUT2D eigenvalue weighted by Crippen LogP contribution is -2.10. The minimum atomic E-state index is 0.0978. The first-order valence-electron chi connectivity index (χ1n) is 6.29. The Morgan fingerprint density at radius 2 is 1.68 bits per heavy atom. The summed E-state index contributed by atoms with van der Waals surface area (Å²) in [5.41, 5.74) is 5.45. The molecule has 0 unspecified atom stereocenters. The highest BCUT2D eigenvalue weighted by Crippen LogP contribution is 2.23. The van der Waals surface area contributed by atoms with Crippen LogP contribution >= 0.6 is 0 Å². The zero-order valence-electron chi connectivity index (χ0n) is 11.7. The number of benzene rings is 1. The maximum absolute atomic E-state index is 11.7. The number of allylic oxidation sites excluding steroid dienone is 4. The molecule has 1 N–H and O–H groups in total. The van der Waals surface area contributed by atoms with Crippen LogP contribution in [0.25, 0.3) is 0 Å². The van der Waals surface area contributed by atoms with Gasteiger partial charge in [-0.3, -0.25) is 4.79 Å². The van der Waals surface area contributed by atoms with Crippen molar-refractivity contribution >= 4 is 22.9 Å². The standard InChI is InChI=1S/C16H18N2O/c1-10-7-13(5-6-15(10)17-4)18-14-8-11(2)16(19)12(3)9-14/h5-9,17H,1-4H3. The van der Waals surface area contributed by atoms with Gasteiger partial charge in [0.2, 0.25) is 0 Å². The van der Waals surface area contributed by atoms with Gasteiger partial charge in [-0.2, -0.15) is 0 Å². The van der Waals surface area contributed by atoms with E-state index in [9.17, 15) is 4.79 Å². The predicted molar refractivity (Wildman–Crippen MR) is 80.3 cm³/mol. The topological polar surface area (TPSA) is 41.5 Å². The van der Waals surface area contributed by atoms with Crippen LogP contribution in [0.3, 0.4) is 0 Å². The van der Waals surface area contributed by atoms with Gasteiger partial charge in [0.25, 0.3) is 0 Å². The van der Waals surface area contributed by atoms with E-state index >= 15 is 0 Å². The van der Waals surface area contributed by atoms with E-state index in [0.717, 1.165) is 33.8 Å². The number of hydrogen-bond donors (Lipinski definition) is 1. The van der Waals surface area contributed by atoms with Crippen LogP contribution in [0.1, 0.15) is 19.4 Å². The summed E-state index contributed by atoms with van der Waals surface area (Å²) in [5.74, 6) is 0.0978. The average molecular weight is 254 g/mol. The third kappa shape index (κ3) is 2.81. The number of aryl methyl sites for hydroxylation is 1. The summed E-state index contributed by atoms with van der Waals surface area (Å²) in [7, 11) is 1.90. The summed E-state index contributed by atoms with van der Waals surface area (Å²) < 4.78 is 0. The highest BCUT2D eigenvalue weighted by molar-refractivity contribution is 6.21. The molecule has 0 saturated carbocycles. The molecule has 2 rings (SSSR count). The number of carbonyl (C=O) groups excluding carboxylic acids is 1. The van der Waals surface area contributed by atoms with E-state index in [-0.39, 0.29) is 5.78 Å². The first-order valence-corrected chi connectivity index (χ1v) is 6.29. The highest BCUT2D eigenvalue weighted by atomic mass is 16.1. The molecule has 1 aliphatic carbocycles. The molecule has 0 spiro atoms. The molecule has 1 aromatic carbocycles. The molecule has 0 aliphatic heterocycles. The van der Waals surface area contributed by atoms with Gasteiger partial charge >= 0.3 is 0 Å². The van der Waals surface area contributed by atoms with Crippen molar-refractivity contribution in [1.82, 2.24) is 0 Å². The predicted octanol–water partition coefficient (Wildman–Crippen LogP) is 3.58. The normalized spacial score (nSPS) is 14.9. The molecule has 0 fully saturated rings. The molecular weight excluding hydrogens is 236 g/mol. The summed E-state index contributed by atoms with van der Waals surface area (Å²) >= 11 is 0. The molecule has 0 atom stereocenters. The zero-order valence-corrected chi connectivity index (χ0v) is 11.7. The Hall–Kier alpha value is -2.16.